The predicted octanol–water partition coefficient (Wildman–Crippen LogP) is 4.78. The summed E-state index contributed by atoms with van der Waals surface area (Å²) >= 11 is 0. The molecule has 0 atom stereocenters. The zero-order valence-electron chi connectivity index (χ0n) is 18.7. The number of ether oxygens (including phenoxy) is 1. The molecule has 170 valence electrons. The van der Waals surface area contributed by atoms with Crippen molar-refractivity contribution < 1.29 is 13.7 Å². The van der Waals surface area contributed by atoms with Crippen LogP contribution in [0.15, 0.2) is 51.9 Å². The van der Waals surface area contributed by atoms with Gasteiger partial charge in [-0.3, -0.25) is 4.79 Å². The molecule has 1 saturated heterocycles. The second kappa shape index (κ2) is 8.69. The third kappa shape index (κ3) is 3.86. The number of anilines is 1. The summed E-state index contributed by atoms with van der Waals surface area (Å²) < 4.78 is 27.9. The number of aryl methyl sites for hydroxylation is 1. The Morgan fingerprint density at radius 3 is 2.70 bits per heavy atom. The number of rotatable bonds is 5. The molecule has 0 saturated carbocycles. The van der Waals surface area contributed by atoms with Gasteiger partial charge in [-0.15, -0.1) is 0 Å². The van der Waals surface area contributed by atoms with Gasteiger partial charge in [-0.05, 0) is 50.5 Å². The number of hydrogen-bond acceptors (Lipinski definition) is 6. The van der Waals surface area contributed by atoms with Crippen molar-refractivity contribution in [2.45, 2.75) is 26.2 Å². The Labute approximate surface area is 190 Å². The zero-order valence-corrected chi connectivity index (χ0v) is 18.7. The number of para-hydroxylation sites is 1. The van der Waals surface area contributed by atoms with Crippen LogP contribution >= 0.6 is 0 Å². The maximum absolute atomic E-state index is 15.0. The zero-order chi connectivity index (χ0) is 22.9. The van der Waals surface area contributed by atoms with Crippen molar-refractivity contribution in [3.8, 4) is 28.6 Å². The van der Waals surface area contributed by atoms with Crippen LogP contribution in [0.3, 0.4) is 0 Å². The summed E-state index contributed by atoms with van der Waals surface area (Å²) in [5.41, 5.74) is 1.75. The van der Waals surface area contributed by atoms with Gasteiger partial charge in [0.15, 0.2) is 0 Å². The lowest BCUT2D eigenvalue weighted by Gasteiger charge is -2.29. The van der Waals surface area contributed by atoms with E-state index in [0.29, 0.717) is 34.9 Å². The second-order valence-electron chi connectivity index (χ2n) is 8.20. The van der Waals surface area contributed by atoms with Crippen molar-refractivity contribution in [3.05, 3.63) is 58.6 Å². The van der Waals surface area contributed by atoms with E-state index >= 15 is 4.39 Å². The SMILES string of the molecule is CCOc1ccccc1-c1noc(-c2cn(C)c3cc(N4CCCCC4)c(F)cc3c2=O)n1. The Hall–Kier alpha value is -3.68. The summed E-state index contributed by atoms with van der Waals surface area (Å²) in [6.07, 6.45) is 4.91. The molecule has 1 aliphatic rings. The van der Waals surface area contributed by atoms with Gasteiger partial charge in [-0.25, -0.2) is 4.39 Å². The highest BCUT2D eigenvalue weighted by Crippen LogP contribution is 2.31. The molecule has 5 rings (SSSR count). The van der Waals surface area contributed by atoms with Crippen LogP contribution in [-0.4, -0.2) is 34.4 Å². The molecule has 0 amide bonds. The highest BCUT2D eigenvalue weighted by molar-refractivity contribution is 5.86. The van der Waals surface area contributed by atoms with Crippen LogP contribution in [0.5, 0.6) is 5.75 Å². The molecule has 33 heavy (non-hydrogen) atoms. The van der Waals surface area contributed by atoms with Gasteiger partial charge < -0.3 is 18.7 Å². The van der Waals surface area contributed by atoms with Crippen LogP contribution in [0.1, 0.15) is 26.2 Å². The van der Waals surface area contributed by atoms with Crippen molar-refractivity contribution in [1.29, 1.82) is 0 Å². The van der Waals surface area contributed by atoms with E-state index in [4.69, 9.17) is 9.26 Å². The van der Waals surface area contributed by atoms with Crippen LogP contribution in [0.25, 0.3) is 33.7 Å². The Balaban J connectivity index is 1.58. The van der Waals surface area contributed by atoms with Gasteiger partial charge in [0.25, 0.3) is 5.89 Å². The Kier molecular flexibility index (Phi) is 5.58. The maximum atomic E-state index is 15.0. The molecule has 0 radical (unpaired) electrons. The quantitative estimate of drug-likeness (QED) is 0.437. The highest BCUT2D eigenvalue weighted by atomic mass is 19.1. The largest absolute Gasteiger partial charge is 0.493 e. The molecule has 4 aromatic rings. The molecule has 2 aromatic carbocycles. The monoisotopic (exact) mass is 448 g/mol. The third-order valence-corrected chi connectivity index (χ3v) is 6.04. The Bertz CT molecular complexity index is 1370. The molecular weight excluding hydrogens is 423 g/mol. The molecule has 2 aromatic heterocycles. The first kappa shape index (κ1) is 21.2. The van der Waals surface area contributed by atoms with E-state index in [0.717, 1.165) is 32.4 Å². The number of halogens is 1. The smallest absolute Gasteiger partial charge is 0.263 e. The summed E-state index contributed by atoms with van der Waals surface area (Å²) in [5.74, 6) is 0.642. The standard InChI is InChI=1S/C25H25FN4O3/c1-3-32-22-10-6-5-9-16(22)24-27-25(33-28-24)18-15-29(2)20-14-21(30-11-7-4-8-12-30)19(26)13-17(20)23(18)31/h5-6,9-10,13-15H,3-4,7-8,11-12H2,1-2H3. The Morgan fingerprint density at radius 1 is 1.12 bits per heavy atom. The predicted molar refractivity (Wildman–Crippen MR) is 125 cm³/mol. The minimum absolute atomic E-state index is 0.0827. The molecule has 3 heterocycles. The first-order valence-corrected chi connectivity index (χ1v) is 11.2. The van der Waals surface area contributed by atoms with E-state index < -0.39 is 5.82 Å². The number of aromatic nitrogens is 3. The van der Waals surface area contributed by atoms with E-state index in [2.05, 4.69) is 15.0 Å². The molecule has 0 bridgehead atoms. The van der Waals surface area contributed by atoms with Crippen LogP contribution < -0.4 is 15.1 Å². The van der Waals surface area contributed by atoms with E-state index in [1.165, 1.54) is 6.07 Å². The molecule has 0 unspecified atom stereocenters. The number of nitrogens with zero attached hydrogens (tertiary/aromatic N) is 4. The molecular formula is C25H25FN4O3. The molecule has 1 fully saturated rings. The lowest BCUT2D eigenvalue weighted by Crippen LogP contribution is -2.30. The van der Waals surface area contributed by atoms with Crippen molar-refractivity contribution in [3.63, 3.8) is 0 Å². The maximum Gasteiger partial charge on any atom is 0.263 e. The third-order valence-electron chi connectivity index (χ3n) is 6.04. The molecule has 8 heteroatoms. The van der Waals surface area contributed by atoms with Gasteiger partial charge in [0, 0.05) is 31.7 Å². The molecule has 0 N–H and O–H groups in total. The van der Waals surface area contributed by atoms with Crippen molar-refractivity contribution in [1.82, 2.24) is 14.7 Å². The fourth-order valence-corrected chi connectivity index (χ4v) is 4.40. The Morgan fingerprint density at radius 2 is 1.91 bits per heavy atom. The first-order chi connectivity index (χ1) is 16.1. The minimum atomic E-state index is -0.393. The lowest BCUT2D eigenvalue weighted by molar-refractivity contribution is 0.341. The first-order valence-electron chi connectivity index (χ1n) is 11.2. The number of hydrogen-bond donors (Lipinski definition) is 0. The fourth-order valence-electron chi connectivity index (χ4n) is 4.40. The minimum Gasteiger partial charge on any atom is -0.493 e. The van der Waals surface area contributed by atoms with Gasteiger partial charge in [-0.2, -0.15) is 4.98 Å². The van der Waals surface area contributed by atoms with Gasteiger partial charge in [0.2, 0.25) is 11.3 Å². The second-order valence-corrected chi connectivity index (χ2v) is 8.20. The average molecular weight is 448 g/mol. The number of piperidine rings is 1. The van der Waals surface area contributed by atoms with E-state index in [1.807, 2.05) is 38.2 Å². The van der Waals surface area contributed by atoms with Gasteiger partial charge in [-0.1, -0.05) is 17.3 Å². The normalized spacial score (nSPS) is 14.1. The fraction of sp³-hybridized carbons (Fsp3) is 0.320. The topological polar surface area (TPSA) is 73.4 Å². The molecule has 1 aliphatic heterocycles. The van der Waals surface area contributed by atoms with Crippen LogP contribution in [0.2, 0.25) is 0 Å². The van der Waals surface area contributed by atoms with Gasteiger partial charge >= 0.3 is 0 Å². The summed E-state index contributed by atoms with van der Waals surface area (Å²) in [6.45, 7) is 4.04. The molecule has 7 nitrogen and oxygen atoms in total. The summed E-state index contributed by atoms with van der Waals surface area (Å²) in [5, 5.41) is 4.33. The molecule has 0 aliphatic carbocycles. The van der Waals surface area contributed by atoms with Crippen LogP contribution in [0.4, 0.5) is 10.1 Å². The van der Waals surface area contributed by atoms with E-state index in [-0.39, 0.29) is 22.3 Å². The van der Waals surface area contributed by atoms with Crippen LogP contribution in [-0.2, 0) is 7.05 Å². The van der Waals surface area contributed by atoms with Crippen molar-refractivity contribution >= 4 is 16.6 Å². The average Bonchev–Trinajstić information content (AvgIpc) is 3.32. The summed E-state index contributed by atoms with van der Waals surface area (Å²) in [4.78, 5) is 19.8. The van der Waals surface area contributed by atoms with Crippen LogP contribution in [0, 0.1) is 5.82 Å². The van der Waals surface area contributed by atoms with E-state index in [1.54, 1.807) is 16.8 Å². The van der Waals surface area contributed by atoms with Crippen molar-refractivity contribution in [2.75, 3.05) is 24.6 Å². The molecule has 0 spiro atoms. The highest BCUT2D eigenvalue weighted by Gasteiger charge is 2.21. The van der Waals surface area contributed by atoms with Gasteiger partial charge in [0.05, 0.1) is 23.4 Å². The number of fused-ring (bicyclic) bond motifs is 1. The number of pyridine rings is 1. The number of benzene rings is 2. The van der Waals surface area contributed by atoms with Gasteiger partial charge in [0.1, 0.15) is 17.1 Å². The lowest BCUT2D eigenvalue weighted by atomic mass is 10.1. The summed E-state index contributed by atoms with van der Waals surface area (Å²) in [7, 11) is 1.82. The summed E-state index contributed by atoms with van der Waals surface area (Å²) in [6, 6.07) is 10.5. The van der Waals surface area contributed by atoms with E-state index in [9.17, 15) is 4.79 Å². The van der Waals surface area contributed by atoms with Crippen molar-refractivity contribution in [2.24, 2.45) is 7.05 Å².